The Morgan fingerprint density at radius 3 is 2.17 bits per heavy atom. The van der Waals surface area contributed by atoms with Gasteiger partial charge in [0.1, 0.15) is 5.60 Å². The second-order valence-electron chi connectivity index (χ2n) is 6.43. The average molecular weight is 255 g/mol. The van der Waals surface area contributed by atoms with Crippen molar-refractivity contribution in [1.29, 1.82) is 0 Å². The van der Waals surface area contributed by atoms with Crippen LogP contribution in [0.3, 0.4) is 0 Å². The maximum Gasteiger partial charge on any atom is 0.407 e. The highest BCUT2D eigenvalue weighted by molar-refractivity contribution is 5.71. The lowest BCUT2D eigenvalue weighted by Gasteiger charge is -2.51. The molecule has 0 spiro atoms. The summed E-state index contributed by atoms with van der Waals surface area (Å²) < 4.78 is 5.22. The van der Waals surface area contributed by atoms with Crippen LogP contribution < -0.4 is 5.32 Å². The van der Waals surface area contributed by atoms with E-state index in [9.17, 15) is 9.59 Å². The molecular formula is C13H21NO4. The van der Waals surface area contributed by atoms with E-state index in [1.54, 1.807) is 0 Å². The standard InChI is InChI=1S/C13H21NO4/c1-13(2,3)18-12(17)14-10-7-4-8(10)6-9(5-7)11(15)16/h7-10H,4-6H2,1-3H3,(H,14,17)(H,15,16)/t7-,8+,9?,10?. The number of amides is 1. The first-order chi connectivity index (χ1) is 8.26. The van der Waals surface area contributed by atoms with Crippen molar-refractivity contribution in [3.63, 3.8) is 0 Å². The van der Waals surface area contributed by atoms with E-state index >= 15 is 0 Å². The Balaban J connectivity index is 1.84. The maximum absolute atomic E-state index is 11.7. The highest BCUT2D eigenvalue weighted by Gasteiger charge is 2.49. The predicted molar refractivity (Wildman–Crippen MR) is 65.1 cm³/mol. The lowest BCUT2D eigenvalue weighted by atomic mass is 9.58. The van der Waals surface area contributed by atoms with E-state index in [0.717, 1.165) is 6.42 Å². The van der Waals surface area contributed by atoms with Gasteiger partial charge in [-0.1, -0.05) is 0 Å². The van der Waals surface area contributed by atoms with E-state index in [1.807, 2.05) is 20.8 Å². The number of carbonyl (C=O) groups is 2. The Bertz CT molecular complexity index is 348. The van der Waals surface area contributed by atoms with Gasteiger partial charge in [-0.2, -0.15) is 0 Å². The Labute approximate surface area is 107 Å². The van der Waals surface area contributed by atoms with Gasteiger partial charge in [0.05, 0.1) is 5.92 Å². The summed E-state index contributed by atoms with van der Waals surface area (Å²) in [5, 5.41) is 11.9. The van der Waals surface area contributed by atoms with Crippen molar-refractivity contribution < 1.29 is 19.4 Å². The number of hydrogen-bond acceptors (Lipinski definition) is 3. The fraction of sp³-hybridized carbons (Fsp3) is 0.846. The number of rotatable bonds is 2. The minimum Gasteiger partial charge on any atom is -0.481 e. The number of fused-ring (bicyclic) bond motifs is 2. The summed E-state index contributed by atoms with van der Waals surface area (Å²) in [6.45, 7) is 5.48. The van der Waals surface area contributed by atoms with Crippen LogP contribution in [0.15, 0.2) is 0 Å². The van der Waals surface area contributed by atoms with Gasteiger partial charge in [0.2, 0.25) is 0 Å². The van der Waals surface area contributed by atoms with Gasteiger partial charge in [-0.05, 0) is 51.9 Å². The lowest BCUT2D eigenvalue weighted by Crippen LogP contribution is -2.58. The molecule has 4 atom stereocenters. The molecule has 5 heteroatoms. The summed E-state index contributed by atoms with van der Waals surface area (Å²) in [5.41, 5.74) is -0.494. The first-order valence-corrected chi connectivity index (χ1v) is 6.48. The zero-order valence-electron chi connectivity index (χ0n) is 11.1. The Hall–Kier alpha value is -1.26. The van der Waals surface area contributed by atoms with Crippen LogP contribution in [0.1, 0.15) is 40.0 Å². The molecule has 0 heterocycles. The zero-order valence-corrected chi connectivity index (χ0v) is 11.1. The molecule has 0 radical (unpaired) electrons. The number of carboxylic acid groups (broad SMARTS) is 1. The van der Waals surface area contributed by atoms with Gasteiger partial charge in [-0.15, -0.1) is 0 Å². The van der Waals surface area contributed by atoms with E-state index in [0.29, 0.717) is 24.7 Å². The molecule has 3 aliphatic rings. The lowest BCUT2D eigenvalue weighted by molar-refractivity contribution is -0.147. The van der Waals surface area contributed by atoms with Crippen LogP contribution in [0.4, 0.5) is 4.79 Å². The number of carboxylic acids is 1. The topological polar surface area (TPSA) is 75.6 Å². The first-order valence-electron chi connectivity index (χ1n) is 6.48. The molecular weight excluding hydrogens is 234 g/mol. The minimum absolute atomic E-state index is 0.107. The van der Waals surface area contributed by atoms with Gasteiger partial charge in [0.15, 0.2) is 0 Å². The van der Waals surface area contributed by atoms with E-state index in [-0.39, 0.29) is 12.0 Å². The number of alkyl carbamates (subject to hydrolysis) is 1. The van der Waals surface area contributed by atoms with Crippen molar-refractivity contribution in [2.45, 2.75) is 51.7 Å². The van der Waals surface area contributed by atoms with E-state index < -0.39 is 17.7 Å². The fourth-order valence-electron chi connectivity index (χ4n) is 3.06. The Morgan fingerprint density at radius 1 is 1.17 bits per heavy atom. The van der Waals surface area contributed by atoms with Crippen LogP contribution in [-0.4, -0.2) is 28.8 Å². The molecule has 3 rings (SSSR count). The van der Waals surface area contributed by atoms with E-state index in [2.05, 4.69) is 5.32 Å². The molecule has 18 heavy (non-hydrogen) atoms. The van der Waals surface area contributed by atoms with Gasteiger partial charge < -0.3 is 15.2 Å². The molecule has 0 aromatic heterocycles. The number of hydrogen-bond donors (Lipinski definition) is 2. The van der Waals surface area contributed by atoms with Gasteiger partial charge in [-0.3, -0.25) is 4.79 Å². The zero-order chi connectivity index (χ0) is 13.5. The molecule has 0 aromatic carbocycles. The van der Waals surface area contributed by atoms with Crippen LogP contribution in [0.25, 0.3) is 0 Å². The highest BCUT2D eigenvalue weighted by Crippen LogP contribution is 2.48. The predicted octanol–water partition coefficient (Wildman–Crippen LogP) is 2.01. The van der Waals surface area contributed by atoms with Crippen molar-refractivity contribution in [3.8, 4) is 0 Å². The van der Waals surface area contributed by atoms with Gasteiger partial charge in [-0.25, -0.2) is 4.79 Å². The fourth-order valence-corrected chi connectivity index (χ4v) is 3.06. The Morgan fingerprint density at radius 2 is 1.72 bits per heavy atom. The third-order valence-electron chi connectivity index (χ3n) is 3.83. The van der Waals surface area contributed by atoms with Crippen LogP contribution in [0.5, 0.6) is 0 Å². The SMILES string of the molecule is CC(C)(C)OC(=O)NC1[C@@H]2CC(C(=O)O)C[C@H]1C2. The van der Waals surface area contributed by atoms with E-state index in [1.165, 1.54) is 0 Å². The molecule has 0 aliphatic heterocycles. The minimum atomic E-state index is -0.708. The average Bonchev–Trinajstić information content (AvgIpc) is 2.23. The van der Waals surface area contributed by atoms with Crippen molar-refractivity contribution in [1.82, 2.24) is 5.32 Å². The number of nitrogens with one attached hydrogen (secondary N) is 1. The third-order valence-corrected chi connectivity index (χ3v) is 3.83. The summed E-state index contributed by atoms with van der Waals surface area (Å²) in [6, 6.07) is 0.107. The molecule has 3 aliphatic carbocycles. The molecule has 2 N–H and O–H groups in total. The van der Waals surface area contributed by atoms with Crippen molar-refractivity contribution >= 4 is 12.1 Å². The maximum atomic E-state index is 11.7. The number of aliphatic carboxylic acids is 1. The quantitative estimate of drug-likeness (QED) is 0.791. The van der Waals surface area contributed by atoms with Gasteiger partial charge in [0.25, 0.3) is 0 Å². The smallest absolute Gasteiger partial charge is 0.407 e. The second kappa shape index (κ2) is 4.44. The van der Waals surface area contributed by atoms with Crippen LogP contribution >= 0.6 is 0 Å². The molecule has 102 valence electrons. The summed E-state index contributed by atoms with van der Waals surface area (Å²) in [6.07, 6.45) is 1.99. The molecule has 2 unspecified atom stereocenters. The number of carbonyl (C=O) groups excluding carboxylic acids is 1. The van der Waals surface area contributed by atoms with Crippen LogP contribution in [0.2, 0.25) is 0 Å². The second-order valence-corrected chi connectivity index (χ2v) is 6.43. The summed E-state index contributed by atoms with van der Waals surface area (Å²) in [7, 11) is 0. The molecule has 0 saturated heterocycles. The monoisotopic (exact) mass is 255 g/mol. The summed E-state index contributed by atoms with van der Waals surface area (Å²) in [4.78, 5) is 22.6. The Kier molecular flexibility index (Phi) is 3.25. The first kappa shape index (κ1) is 13.2. The molecule has 5 nitrogen and oxygen atoms in total. The normalized spacial score (nSPS) is 34.4. The largest absolute Gasteiger partial charge is 0.481 e. The number of ether oxygens (including phenoxy) is 1. The summed E-state index contributed by atoms with van der Waals surface area (Å²) in [5.74, 6) is -0.333. The molecule has 1 amide bonds. The molecule has 3 saturated carbocycles. The van der Waals surface area contributed by atoms with Crippen molar-refractivity contribution in [2.24, 2.45) is 17.8 Å². The van der Waals surface area contributed by atoms with Crippen molar-refractivity contribution in [2.75, 3.05) is 0 Å². The van der Waals surface area contributed by atoms with E-state index in [4.69, 9.17) is 9.84 Å². The van der Waals surface area contributed by atoms with Crippen LogP contribution in [-0.2, 0) is 9.53 Å². The van der Waals surface area contributed by atoms with Gasteiger partial charge >= 0.3 is 12.1 Å². The van der Waals surface area contributed by atoms with Crippen molar-refractivity contribution in [3.05, 3.63) is 0 Å². The molecule has 2 bridgehead atoms. The highest BCUT2D eigenvalue weighted by atomic mass is 16.6. The van der Waals surface area contributed by atoms with Crippen LogP contribution in [0, 0.1) is 17.8 Å². The van der Waals surface area contributed by atoms with Gasteiger partial charge in [0, 0.05) is 6.04 Å². The summed E-state index contributed by atoms with van der Waals surface area (Å²) >= 11 is 0. The molecule has 0 aromatic rings. The molecule has 3 fully saturated rings. The third kappa shape index (κ3) is 2.76.